The first-order valence-electron chi connectivity index (χ1n) is 5.15. The molecule has 0 bridgehead atoms. The van der Waals surface area contributed by atoms with E-state index < -0.39 is 31.9 Å². The van der Waals surface area contributed by atoms with Gasteiger partial charge in [-0.05, 0) is 6.42 Å². The fourth-order valence-corrected chi connectivity index (χ4v) is 1.82. The lowest BCUT2D eigenvalue weighted by Crippen LogP contribution is -2.31. The van der Waals surface area contributed by atoms with Crippen molar-refractivity contribution in [2.45, 2.75) is 45.0 Å². The van der Waals surface area contributed by atoms with Gasteiger partial charge < -0.3 is 9.79 Å². The van der Waals surface area contributed by atoms with Gasteiger partial charge in [0.1, 0.15) is 6.16 Å². The van der Waals surface area contributed by atoms with Crippen molar-refractivity contribution < 1.29 is 27.9 Å². The number of unbranched alkanes of at least 4 members (excludes halogenated alkanes) is 3. The van der Waals surface area contributed by atoms with Gasteiger partial charge in [0.15, 0.2) is 0 Å². The maximum absolute atomic E-state index is 13.1. The molecule has 0 aromatic rings. The van der Waals surface area contributed by atoms with E-state index in [2.05, 4.69) is 0 Å². The van der Waals surface area contributed by atoms with Gasteiger partial charge >= 0.3 is 13.5 Å². The molecule has 0 radical (unpaired) electrons. The molecule has 0 rings (SSSR count). The zero-order valence-electron chi connectivity index (χ0n) is 9.16. The van der Waals surface area contributed by atoms with E-state index in [-0.39, 0.29) is 6.42 Å². The number of ketones is 1. The van der Waals surface area contributed by atoms with E-state index in [0.29, 0.717) is 6.42 Å². The van der Waals surface area contributed by atoms with E-state index in [1.165, 1.54) is 0 Å². The van der Waals surface area contributed by atoms with E-state index in [0.717, 1.165) is 12.8 Å². The molecule has 0 aromatic heterocycles. The van der Waals surface area contributed by atoms with Crippen molar-refractivity contribution in [2.75, 3.05) is 6.16 Å². The standard InChI is InChI=1S/C9H17F2O4P/c1-2-3-4-5-6-9(10,11)8(12)7-16(13,14)15/h2-7H2,1H3,(H2,13,14,15). The van der Waals surface area contributed by atoms with Crippen molar-refractivity contribution in [3.05, 3.63) is 0 Å². The number of carbonyl (C=O) groups is 1. The first kappa shape index (κ1) is 15.7. The van der Waals surface area contributed by atoms with E-state index in [9.17, 15) is 18.1 Å². The number of hydrogen-bond donors (Lipinski definition) is 2. The maximum atomic E-state index is 13.1. The fourth-order valence-electron chi connectivity index (χ4n) is 1.22. The molecule has 0 amide bonds. The molecule has 0 aliphatic rings. The Morgan fingerprint density at radius 2 is 1.81 bits per heavy atom. The van der Waals surface area contributed by atoms with Gasteiger partial charge in [0, 0.05) is 6.42 Å². The Morgan fingerprint density at radius 3 is 2.25 bits per heavy atom. The predicted molar refractivity (Wildman–Crippen MR) is 55.6 cm³/mol. The zero-order valence-corrected chi connectivity index (χ0v) is 10.1. The topological polar surface area (TPSA) is 74.6 Å². The van der Waals surface area contributed by atoms with Gasteiger partial charge in [-0.2, -0.15) is 8.78 Å². The van der Waals surface area contributed by atoms with Crippen molar-refractivity contribution in [1.29, 1.82) is 0 Å². The Morgan fingerprint density at radius 1 is 1.25 bits per heavy atom. The Hall–Kier alpha value is -0.320. The van der Waals surface area contributed by atoms with Gasteiger partial charge in [0.2, 0.25) is 5.78 Å². The van der Waals surface area contributed by atoms with Crippen LogP contribution in [0.15, 0.2) is 0 Å². The SMILES string of the molecule is CCCCCCC(F)(F)C(=O)CP(=O)(O)O. The highest BCUT2D eigenvalue weighted by Gasteiger charge is 2.40. The van der Waals surface area contributed by atoms with E-state index in [1.54, 1.807) is 0 Å². The van der Waals surface area contributed by atoms with Crippen LogP contribution >= 0.6 is 7.60 Å². The summed E-state index contributed by atoms with van der Waals surface area (Å²) in [5, 5.41) is 0. The molecule has 96 valence electrons. The Bertz CT molecular complexity index is 275. The zero-order chi connectivity index (χ0) is 12.8. The van der Waals surface area contributed by atoms with Crippen LogP contribution in [0.2, 0.25) is 0 Å². The fraction of sp³-hybridized carbons (Fsp3) is 0.889. The Balaban J connectivity index is 4.11. The van der Waals surface area contributed by atoms with Gasteiger partial charge in [0.25, 0.3) is 0 Å². The average Bonchev–Trinajstić information content (AvgIpc) is 2.09. The molecule has 7 heteroatoms. The van der Waals surface area contributed by atoms with Crippen LogP contribution in [-0.4, -0.2) is 27.7 Å². The summed E-state index contributed by atoms with van der Waals surface area (Å²) in [4.78, 5) is 27.7. The summed E-state index contributed by atoms with van der Waals surface area (Å²) in [6, 6.07) is 0. The number of hydrogen-bond acceptors (Lipinski definition) is 2. The molecule has 0 heterocycles. The first-order chi connectivity index (χ1) is 7.19. The minimum Gasteiger partial charge on any atom is -0.324 e. The largest absolute Gasteiger partial charge is 0.333 e. The molecule has 0 saturated carbocycles. The quantitative estimate of drug-likeness (QED) is 0.517. The van der Waals surface area contributed by atoms with Crippen LogP contribution in [-0.2, 0) is 9.36 Å². The highest BCUT2D eigenvalue weighted by molar-refractivity contribution is 7.52. The van der Waals surface area contributed by atoms with Gasteiger partial charge in [-0.3, -0.25) is 9.36 Å². The van der Waals surface area contributed by atoms with Crippen LogP contribution in [0.4, 0.5) is 8.78 Å². The van der Waals surface area contributed by atoms with Crippen LogP contribution in [0, 0.1) is 0 Å². The second kappa shape index (κ2) is 6.42. The third-order valence-electron chi connectivity index (χ3n) is 2.10. The molecule has 0 fully saturated rings. The smallest absolute Gasteiger partial charge is 0.324 e. The second-order valence-corrected chi connectivity index (χ2v) is 5.41. The summed E-state index contributed by atoms with van der Waals surface area (Å²) in [6.07, 6.45) is 0.466. The Kier molecular flexibility index (Phi) is 6.30. The van der Waals surface area contributed by atoms with E-state index >= 15 is 0 Å². The molecule has 0 atom stereocenters. The first-order valence-corrected chi connectivity index (χ1v) is 6.94. The molecule has 0 aliphatic heterocycles. The van der Waals surface area contributed by atoms with Gasteiger partial charge in [-0.1, -0.05) is 26.2 Å². The van der Waals surface area contributed by atoms with Crippen molar-refractivity contribution >= 4 is 13.4 Å². The second-order valence-electron chi connectivity index (χ2n) is 3.76. The minimum absolute atomic E-state index is 0.188. The monoisotopic (exact) mass is 258 g/mol. The molecule has 0 aliphatic carbocycles. The third-order valence-corrected chi connectivity index (χ3v) is 2.80. The number of Topliss-reactive ketones (excluding diaryl/α,β-unsaturated/α-hetero) is 1. The predicted octanol–water partition coefficient (Wildman–Crippen LogP) is 2.34. The summed E-state index contributed by atoms with van der Waals surface area (Å²) >= 11 is 0. The lowest BCUT2D eigenvalue weighted by atomic mass is 10.1. The molecule has 0 spiro atoms. The normalized spacial score (nSPS) is 12.8. The minimum atomic E-state index is -4.69. The molecule has 2 N–H and O–H groups in total. The van der Waals surface area contributed by atoms with E-state index in [1.807, 2.05) is 6.92 Å². The lowest BCUT2D eigenvalue weighted by Gasteiger charge is -2.15. The molecular weight excluding hydrogens is 241 g/mol. The van der Waals surface area contributed by atoms with Gasteiger partial charge in [-0.25, -0.2) is 0 Å². The number of alkyl halides is 2. The molecular formula is C9H17F2O4P. The van der Waals surface area contributed by atoms with Crippen LogP contribution in [0.1, 0.15) is 39.0 Å². The highest BCUT2D eigenvalue weighted by Crippen LogP contribution is 2.37. The Labute approximate surface area is 93.2 Å². The molecule has 4 nitrogen and oxygen atoms in total. The molecule has 0 unspecified atom stereocenters. The number of halogens is 2. The van der Waals surface area contributed by atoms with Crippen LogP contribution in [0.3, 0.4) is 0 Å². The van der Waals surface area contributed by atoms with Crippen LogP contribution in [0.5, 0.6) is 0 Å². The van der Waals surface area contributed by atoms with Gasteiger partial charge in [0.05, 0.1) is 0 Å². The van der Waals surface area contributed by atoms with Crippen molar-refractivity contribution in [3.8, 4) is 0 Å². The lowest BCUT2D eigenvalue weighted by molar-refractivity contribution is -0.141. The highest BCUT2D eigenvalue weighted by atomic mass is 31.2. The van der Waals surface area contributed by atoms with E-state index in [4.69, 9.17) is 9.79 Å². The third kappa shape index (κ3) is 7.04. The van der Waals surface area contributed by atoms with Crippen molar-refractivity contribution in [2.24, 2.45) is 0 Å². The number of carbonyl (C=O) groups excluding carboxylic acids is 1. The molecule has 16 heavy (non-hydrogen) atoms. The van der Waals surface area contributed by atoms with Crippen LogP contribution < -0.4 is 0 Å². The summed E-state index contributed by atoms with van der Waals surface area (Å²) in [5.74, 6) is -5.29. The van der Waals surface area contributed by atoms with Gasteiger partial charge in [-0.15, -0.1) is 0 Å². The summed E-state index contributed by atoms with van der Waals surface area (Å²) in [7, 11) is -4.69. The van der Waals surface area contributed by atoms with Crippen molar-refractivity contribution in [3.63, 3.8) is 0 Å². The van der Waals surface area contributed by atoms with Crippen LogP contribution in [0.25, 0.3) is 0 Å². The molecule has 0 aromatic carbocycles. The van der Waals surface area contributed by atoms with Crippen molar-refractivity contribution in [1.82, 2.24) is 0 Å². The maximum Gasteiger partial charge on any atom is 0.333 e. The average molecular weight is 258 g/mol. The summed E-state index contributed by atoms with van der Waals surface area (Å²) in [5.41, 5.74) is 0. The molecule has 0 saturated heterocycles. The summed E-state index contributed by atoms with van der Waals surface area (Å²) < 4.78 is 36.6. The number of rotatable bonds is 8. The summed E-state index contributed by atoms with van der Waals surface area (Å²) in [6.45, 7) is 1.93.